The molecule has 0 radical (unpaired) electrons. The number of imidazole rings is 1. The summed E-state index contributed by atoms with van der Waals surface area (Å²) in [5.74, 6) is -1.81. The molecular formula is C27H34F4N4O5S2. The predicted molar refractivity (Wildman–Crippen MR) is 151 cm³/mol. The van der Waals surface area contributed by atoms with E-state index in [1.54, 1.807) is 24.4 Å². The summed E-state index contributed by atoms with van der Waals surface area (Å²) in [6.07, 6.45) is -0.211. The standard InChI is InChI=1S/C25H33FN4O3S2.C2HF3O2/c1-6-9-28-25(31)29-35(32,33)24-21(14-20(34-24)12-16(2)3)18-7-8-19(22(26)13-18)15-30-11-10-27-23(30)17(4)5;3-2(4,5)1(6)7/h7-8,10-11,13-14,16-17H,6,9,12,15H2,1-5H3,(H2,28,29,31);(H,6,7). The fourth-order valence-corrected chi connectivity index (χ4v) is 6.63. The van der Waals surface area contributed by atoms with Crippen LogP contribution in [0.2, 0.25) is 0 Å². The summed E-state index contributed by atoms with van der Waals surface area (Å²) in [7, 11) is -4.14. The van der Waals surface area contributed by atoms with Gasteiger partial charge < -0.3 is 15.0 Å². The van der Waals surface area contributed by atoms with Gasteiger partial charge in [-0.3, -0.25) is 0 Å². The summed E-state index contributed by atoms with van der Waals surface area (Å²) in [6.45, 7) is 10.7. The molecule has 3 aromatic rings. The first-order valence-corrected chi connectivity index (χ1v) is 15.3. The largest absolute Gasteiger partial charge is 0.490 e. The molecule has 0 fully saturated rings. The van der Waals surface area contributed by atoms with Crippen molar-refractivity contribution in [1.82, 2.24) is 19.6 Å². The number of rotatable bonds is 10. The number of aromatic nitrogens is 2. The van der Waals surface area contributed by atoms with Crippen LogP contribution in [0.25, 0.3) is 11.1 Å². The van der Waals surface area contributed by atoms with Crippen molar-refractivity contribution in [3.63, 3.8) is 0 Å². The van der Waals surface area contributed by atoms with Gasteiger partial charge in [0.25, 0.3) is 10.0 Å². The number of amides is 2. The van der Waals surface area contributed by atoms with Crippen LogP contribution in [-0.2, 0) is 27.8 Å². The molecule has 3 N–H and O–H groups in total. The number of nitrogens with zero attached hydrogens (tertiary/aromatic N) is 2. The van der Waals surface area contributed by atoms with E-state index in [-0.39, 0.29) is 10.1 Å². The summed E-state index contributed by atoms with van der Waals surface area (Å²) in [5, 5.41) is 9.64. The summed E-state index contributed by atoms with van der Waals surface area (Å²) < 4.78 is 77.1. The van der Waals surface area contributed by atoms with Crippen LogP contribution < -0.4 is 10.0 Å². The van der Waals surface area contributed by atoms with Crippen molar-refractivity contribution in [1.29, 1.82) is 0 Å². The van der Waals surface area contributed by atoms with Crippen molar-refractivity contribution >= 4 is 33.4 Å². The second-order valence-electron chi connectivity index (χ2n) is 10.1. The molecule has 0 spiro atoms. The van der Waals surface area contributed by atoms with Gasteiger partial charge in [-0.2, -0.15) is 13.2 Å². The van der Waals surface area contributed by atoms with Gasteiger partial charge in [0, 0.05) is 40.9 Å². The summed E-state index contributed by atoms with van der Waals surface area (Å²) in [6, 6.07) is 5.76. The maximum Gasteiger partial charge on any atom is 0.490 e. The Kier molecular flexibility index (Phi) is 12.1. The number of alkyl halides is 3. The van der Waals surface area contributed by atoms with Crippen molar-refractivity contribution in [3.05, 3.63) is 58.7 Å². The number of thiophene rings is 1. The molecule has 0 aliphatic carbocycles. The van der Waals surface area contributed by atoms with E-state index >= 15 is 4.39 Å². The number of carboxylic acid groups (broad SMARTS) is 1. The highest BCUT2D eigenvalue weighted by atomic mass is 32.2. The second-order valence-corrected chi connectivity index (χ2v) is 13.1. The molecule has 0 atom stereocenters. The molecule has 2 aromatic heterocycles. The highest BCUT2D eigenvalue weighted by Crippen LogP contribution is 2.37. The Morgan fingerprint density at radius 1 is 1.14 bits per heavy atom. The van der Waals surface area contributed by atoms with Crippen LogP contribution >= 0.6 is 11.3 Å². The minimum atomic E-state index is -5.08. The molecule has 0 saturated heterocycles. The van der Waals surface area contributed by atoms with Gasteiger partial charge in [-0.25, -0.2) is 32.1 Å². The molecule has 0 bridgehead atoms. The molecule has 0 aliphatic rings. The van der Waals surface area contributed by atoms with E-state index in [0.717, 1.165) is 22.0 Å². The number of carboxylic acids is 1. The lowest BCUT2D eigenvalue weighted by Gasteiger charge is -2.12. The fourth-order valence-electron chi connectivity index (χ4n) is 3.75. The van der Waals surface area contributed by atoms with E-state index in [1.165, 1.54) is 6.07 Å². The number of halogens is 4. The van der Waals surface area contributed by atoms with Gasteiger partial charge >= 0.3 is 18.2 Å². The highest BCUT2D eigenvalue weighted by Gasteiger charge is 2.38. The highest BCUT2D eigenvalue weighted by molar-refractivity contribution is 7.92. The Labute approximate surface area is 246 Å². The maximum absolute atomic E-state index is 15.2. The van der Waals surface area contributed by atoms with Crippen LogP contribution in [0.15, 0.2) is 40.9 Å². The quantitative estimate of drug-likeness (QED) is 0.229. The first-order chi connectivity index (χ1) is 19.5. The molecule has 1 aromatic carbocycles. The van der Waals surface area contributed by atoms with Crippen LogP contribution in [0.3, 0.4) is 0 Å². The third kappa shape index (κ3) is 9.82. The molecule has 2 amide bonds. The SMILES string of the molecule is CCCNC(=O)NS(=O)(=O)c1sc(CC(C)C)cc1-c1ccc(Cn2ccnc2C(C)C)c(F)c1.O=C(O)C(F)(F)F. The zero-order chi connectivity index (χ0) is 31.8. The summed E-state index contributed by atoms with van der Waals surface area (Å²) in [5.41, 5.74) is 1.31. The first-order valence-electron chi connectivity index (χ1n) is 13.0. The van der Waals surface area contributed by atoms with Crippen molar-refractivity contribution < 1.29 is 40.7 Å². The number of hydrogen-bond donors (Lipinski definition) is 3. The molecule has 3 rings (SSSR count). The van der Waals surface area contributed by atoms with Gasteiger partial charge in [-0.05, 0) is 36.5 Å². The zero-order valence-corrected chi connectivity index (χ0v) is 25.4. The molecule has 42 heavy (non-hydrogen) atoms. The lowest BCUT2D eigenvalue weighted by molar-refractivity contribution is -0.192. The number of carbonyl (C=O) groups excluding carboxylic acids is 1. The number of urea groups is 1. The van der Waals surface area contributed by atoms with Crippen molar-refractivity contribution in [3.8, 4) is 11.1 Å². The number of benzene rings is 1. The first kappa shape index (κ1) is 34.7. The van der Waals surface area contributed by atoms with Crippen molar-refractivity contribution in [2.24, 2.45) is 5.92 Å². The fraction of sp³-hybridized carbons (Fsp3) is 0.444. The van der Waals surface area contributed by atoms with Crippen LogP contribution in [0, 0.1) is 11.7 Å². The smallest absolute Gasteiger partial charge is 0.475 e. The third-order valence-corrected chi connectivity index (χ3v) is 8.60. The van der Waals surface area contributed by atoms with Gasteiger partial charge in [-0.1, -0.05) is 46.8 Å². The predicted octanol–water partition coefficient (Wildman–Crippen LogP) is 6.15. The van der Waals surface area contributed by atoms with E-state index < -0.39 is 34.0 Å². The molecule has 2 heterocycles. The lowest BCUT2D eigenvalue weighted by Crippen LogP contribution is -2.39. The van der Waals surface area contributed by atoms with E-state index in [2.05, 4.69) is 15.0 Å². The number of carbonyl (C=O) groups is 2. The molecule has 15 heteroatoms. The molecule has 0 unspecified atom stereocenters. The van der Waals surface area contributed by atoms with E-state index in [1.807, 2.05) is 45.4 Å². The molecule has 232 valence electrons. The Balaban J connectivity index is 0.000000782. The van der Waals surface area contributed by atoms with Crippen LogP contribution in [0.1, 0.15) is 63.2 Å². The summed E-state index contributed by atoms with van der Waals surface area (Å²) >= 11 is 1.11. The van der Waals surface area contributed by atoms with Crippen LogP contribution in [-0.4, -0.2) is 47.8 Å². The molecule has 0 saturated carbocycles. The minimum Gasteiger partial charge on any atom is -0.475 e. The van der Waals surface area contributed by atoms with Gasteiger partial charge in [0.15, 0.2) is 0 Å². The zero-order valence-electron chi connectivity index (χ0n) is 23.8. The maximum atomic E-state index is 15.2. The summed E-state index contributed by atoms with van der Waals surface area (Å²) in [4.78, 5) is 26.2. The molecule has 9 nitrogen and oxygen atoms in total. The Hall–Kier alpha value is -3.46. The number of sulfonamides is 1. The average Bonchev–Trinajstić information content (AvgIpc) is 3.51. The number of aliphatic carboxylic acids is 1. The monoisotopic (exact) mass is 634 g/mol. The van der Waals surface area contributed by atoms with Crippen molar-refractivity contribution in [2.45, 2.75) is 70.3 Å². The number of nitrogens with one attached hydrogen (secondary N) is 2. The average molecular weight is 635 g/mol. The van der Waals surface area contributed by atoms with E-state index in [9.17, 15) is 26.4 Å². The topological polar surface area (TPSA) is 130 Å². The normalized spacial score (nSPS) is 11.8. The molecule has 0 aliphatic heterocycles. The second kappa shape index (κ2) is 14.6. The molecular weight excluding hydrogens is 600 g/mol. The van der Waals surface area contributed by atoms with Crippen molar-refractivity contribution in [2.75, 3.05) is 6.54 Å². The van der Waals surface area contributed by atoms with Crippen LogP contribution in [0.4, 0.5) is 22.4 Å². The van der Waals surface area contributed by atoms with Gasteiger partial charge in [-0.15, -0.1) is 11.3 Å². The Morgan fingerprint density at radius 3 is 2.31 bits per heavy atom. The minimum absolute atomic E-state index is 0.00338. The van der Waals surface area contributed by atoms with E-state index in [0.29, 0.717) is 48.5 Å². The Morgan fingerprint density at radius 2 is 1.79 bits per heavy atom. The van der Waals surface area contributed by atoms with Gasteiger partial charge in [0.2, 0.25) is 0 Å². The number of hydrogen-bond acceptors (Lipinski definition) is 6. The Bertz CT molecular complexity index is 1480. The van der Waals surface area contributed by atoms with E-state index in [4.69, 9.17) is 9.90 Å². The lowest BCUT2D eigenvalue weighted by atomic mass is 10.0. The van der Waals surface area contributed by atoms with Gasteiger partial charge in [0.05, 0.1) is 6.54 Å². The third-order valence-electron chi connectivity index (χ3n) is 5.58. The van der Waals surface area contributed by atoms with Crippen LogP contribution in [0.5, 0.6) is 0 Å². The van der Waals surface area contributed by atoms with Gasteiger partial charge in [0.1, 0.15) is 15.9 Å².